The summed E-state index contributed by atoms with van der Waals surface area (Å²) >= 11 is 0. The third-order valence-electron chi connectivity index (χ3n) is 6.81. The van der Waals surface area contributed by atoms with Crippen LogP contribution in [0.5, 0.6) is 5.75 Å². The minimum Gasteiger partial charge on any atom is -0.496 e. The number of hydrogen-bond donors (Lipinski definition) is 1. The molecule has 0 spiro atoms. The van der Waals surface area contributed by atoms with Crippen molar-refractivity contribution in [1.82, 2.24) is 15.3 Å². The summed E-state index contributed by atoms with van der Waals surface area (Å²) in [6, 6.07) is 21.7. The summed E-state index contributed by atoms with van der Waals surface area (Å²) in [4.78, 5) is 20.5. The number of hydrazone groups is 1. The van der Waals surface area contributed by atoms with Gasteiger partial charge < -0.3 is 9.47 Å². The van der Waals surface area contributed by atoms with Crippen molar-refractivity contribution in [2.24, 2.45) is 5.10 Å². The molecule has 7 nitrogen and oxygen atoms in total. The van der Waals surface area contributed by atoms with E-state index in [4.69, 9.17) is 14.5 Å². The number of fused-ring (bicyclic) bond motifs is 1. The van der Waals surface area contributed by atoms with E-state index in [-0.39, 0.29) is 5.91 Å². The van der Waals surface area contributed by atoms with E-state index >= 15 is 0 Å². The molecule has 194 valence electrons. The number of methoxy groups -OCH3 is 1. The normalized spacial score (nSPS) is 14.2. The van der Waals surface area contributed by atoms with Gasteiger partial charge in [0.25, 0.3) is 5.91 Å². The first kappa shape index (κ1) is 25.6. The van der Waals surface area contributed by atoms with Gasteiger partial charge in [-0.2, -0.15) is 5.10 Å². The number of ether oxygens (including phenoxy) is 2. The van der Waals surface area contributed by atoms with Crippen LogP contribution in [0.4, 0.5) is 0 Å². The molecular weight excluding hydrogens is 476 g/mol. The van der Waals surface area contributed by atoms with E-state index in [0.29, 0.717) is 5.56 Å². The molecule has 0 unspecified atom stereocenters. The van der Waals surface area contributed by atoms with Gasteiger partial charge in [0.1, 0.15) is 5.75 Å². The summed E-state index contributed by atoms with van der Waals surface area (Å²) in [7, 11) is 1.68. The van der Waals surface area contributed by atoms with Gasteiger partial charge in [-0.1, -0.05) is 35.9 Å². The Morgan fingerprint density at radius 1 is 1.08 bits per heavy atom. The Morgan fingerprint density at radius 3 is 2.71 bits per heavy atom. The molecule has 0 aliphatic carbocycles. The van der Waals surface area contributed by atoms with E-state index in [1.165, 1.54) is 0 Å². The van der Waals surface area contributed by atoms with E-state index in [1.807, 2.05) is 48.5 Å². The second-order valence-corrected chi connectivity index (χ2v) is 9.55. The molecule has 0 atom stereocenters. The lowest BCUT2D eigenvalue weighted by molar-refractivity contribution is 0.0339. The third kappa shape index (κ3) is 5.74. The van der Waals surface area contributed by atoms with E-state index in [9.17, 15) is 4.79 Å². The lowest BCUT2D eigenvalue weighted by Crippen LogP contribution is -2.35. The minimum atomic E-state index is -0.284. The van der Waals surface area contributed by atoms with Crippen molar-refractivity contribution < 1.29 is 14.3 Å². The maximum atomic E-state index is 13.3. The molecule has 0 bridgehead atoms. The number of carbonyl (C=O) groups is 1. The van der Waals surface area contributed by atoms with Crippen LogP contribution in [0.15, 0.2) is 71.8 Å². The molecule has 2 heterocycles. The van der Waals surface area contributed by atoms with Crippen LogP contribution in [0.1, 0.15) is 32.6 Å². The van der Waals surface area contributed by atoms with Crippen LogP contribution >= 0.6 is 0 Å². The van der Waals surface area contributed by atoms with Crippen LogP contribution in [0.3, 0.4) is 0 Å². The maximum absolute atomic E-state index is 13.3. The fourth-order valence-electron chi connectivity index (χ4n) is 4.74. The Morgan fingerprint density at radius 2 is 1.89 bits per heavy atom. The Hall–Kier alpha value is -4.07. The first-order valence-electron chi connectivity index (χ1n) is 12.8. The number of benzene rings is 3. The fraction of sp³-hybridized carbons (Fsp3) is 0.258. The van der Waals surface area contributed by atoms with Gasteiger partial charge in [0, 0.05) is 36.1 Å². The van der Waals surface area contributed by atoms with Crippen molar-refractivity contribution in [2.75, 3.05) is 33.4 Å². The number of aromatic nitrogens is 1. The van der Waals surface area contributed by atoms with Gasteiger partial charge in [0.15, 0.2) is 0 Å². The number of pyridine rings is 1. The van der Waals surface area contributed by atoms with Crippen LogP contribution in [-0.4, -0.2) is 55.4 Å². The predicted molar refractivity (Wildman–Crippen MR) is 151 cm³/mol. The average Bonchev–Trinajstić information content (AvgIpc) is 2.94. The SMILES string of the molecule is COc1ccc(/C=N\NC(=O)c2cc(-c3cc(C)ccc3C)nc3ccccc23)cc1CN1CCOCC1. The monoisotopic (exact) mass is 508 g/mol. The van der Waals surface area contributed by atoms with Crippen LogP contribution in [0.2, 0.25) is 0 Å². The van der Waals surface area contributed by atoms with Crippen molar-refractivity contribution in [2.45, 2.75) is 20.4 Å². The molecular formula is C31H32N4O3. The number of amides is 1. The Kier molecular flexibility index (Phi) is 7.77. The zero-order valence-corrected chi connectivity index (χ0v) is 22.0. The lowest BCUT2D eigenvalue weighted by atomic mass is 9.99. The number of carbonyl (C=O) groups excluding carboxylic acids is 1. The molecule has 1 aromatic heterocycles. The molecule has 0 radical (unpaired) electrons. The summed E-state index contributed by atoms with van der Waals surface area (Å²) < 4.78 is 11.0. The molecule has 1 fully saturated rings. The zero-order chi connectivity index (χ0) is 26.5. The van der Waals surface area contributed by atoms with Crippen LogP contribution < -0.4 is 10.2 Å². The molecule has 4 aromatic rings. The lowest BCUT2D eigenvalue weighted by Gasteiger charge is -2.27. The molecule has 7 heteroatoms. The van der Waals surface area contributed by atoms with Crippen LogP contribution in [-0.2, 0) is 11.3 Å². The highest BCUT2D eigenvalue weighted by Crippen LogP contribution is 2.28. The number of nitrogens with one attached hydrogen (secondary N) is 1. The van der Waals surface area contributed by atoms with Crippen molar-refractivity contribution in [1.29, 1.82) is 0 Å². The first-order chi connectivity index (χ1) is 18.5. The molecule has 38 heavy (non-hydrogen) atoms. The molecule has 1 aliphatic rings. The molecule has 1 amide bonds. The molecule has 5 rings (SSSR count). The van der Waals surface area contributed by atoms with Crippen LogP contribution in [0.25, 0.3) is 22.2 Å². The summed E-state index contributed by atoms with van der Waals surface area (Å²) in [6.07, 6.45) is 1.66. The first-order valence-corrected chi connectivity index (χ1v) is 12.8. The highest BCUT2D eigenvalue weighted by atomic mass is 16.5. The molecule has 1 aliphatic heterocycles. The van der Waals surface area contributed by atoms with Gasteiger partial charge in [-0.25, -0.2) is 10.4 Å². The van der Waals surface area contributed by atoms with Gasteiger partial charge in [0.05, 0.1) is 43.3 Å². The van der Waals surface area contributed by atoms with E-state index in [0.717, 1.165) is 83.0 Å². The van der Waals surface area contributed by atoms with Gasteiger partial charge in [-0.15, -0.1) is 0 Å². The molecule has 1 N–H and O–H groups in total. The van der Waals surface area contributed by atoms with Gasteiger partial charge >= 0.3 is 0 Å². The Labute approximate surface area is 223 Å². The second kappa shape index (κ2) is 11.5. The molecule has 0 saturated carbocycles. The number of rotatable bonds is 7. The summed E-state index contributed by atoms with van der Waals surface area (Å²) in [6.45, 7) is 8.14. The second-order valence-electron chi connectivity index (χ2n) is 9.55. The quantitative estimate of drug-likeness (QED) is 0.277. The fourth-order valence-corrected chi connectivity index (χ4v) is 4.74. The highest BCUT2D eigenvalue weighted by Gasteiger charge is 2.16. The standard InChI is InChI=1S/C31H32N4O3/c1-21-8-9-22(2)26(16-21)29-18-27(25-6-4-5-7-28(25)33-29)31(36)34-32-19-23-10-11-30(37-3)24(17-23)20-35-12-14-38-15-13-35/h4-11,16-19H,12-15,20H2,1-3H3,(H,34,36)/b32-19-. The van der Waals surface area contributed by atoms with Crippen molar-refractivity contribution >= 4 is 23.0 Å². The number of aryl methyl sites for hydroxylation is 2. The maximum Gasteiger partial charge on any atom is 0.272 e. The average molecular weight is 509 g/mol. The zero-order valence-electron chi connectivity index (χ0n) is 22.0. The van der Waals surface area contributed by atoms with Gasteiger partial charge in [-0.05, 0) is 61.4 Å². The van der Waals surface area contributed by atoms with Gasteiger partial charge in [-0.3, -0.25) is 9.69 Å². The molecule has 3 aromatic carbocycles. The van der Waals surface area contributed by atoms with E-state index in [1.54, 1.807) is 13.3 Å². The van der Waals surface area contributed by atoms with Crippen LogP contribution in [0, 0.1) is 13.8 Å². The smallest absolute Gasteiger partial charge is 0.272 e. The predicted octanol–water partition coefficient (Wildman–Crippen LogP) is 5.12. The number of nitrogens with zero attached hydrogens (tertiary/aromatic N) is 3. The van der Waals surface area contributed by atoms with Gasteiger partial charge in [0.2, 0.25) is 0 Å². The Balaban J connectivity index is 1.39. The summed E-state index contributed by atoms with van der Waals surface area (Å²) in [5, 5.41) is 5.07. The Bertz CT molecular complexity index is 1490. The third-order valence-corrected chi connectivity index (χ3v) is 6.81. The largest absolute Gasteiger partial charge is 0.496 e. The van der Waals surface area contributed by atoms with E-state index in [2.05, 4.69) is 47.5 Å². The number of hydrogen-bond acceptors (Lipinski definition) is 6. The number of morpholine rings is 1. The number of para-hydroxylation sites is 1. The summed E-state index contributed by atoms with van der Waals surface area (Å²) in [5.41, 5.74) is 10.00. The highest BCUT2D eigenvalue weighted by molar-refractivity contribution is 6.07. The summed E-state index contributed by atoms with van der Waals surface area (Å²) in [5.74, 6) is 0.549. The molecule has 1 saturated heterocycles. The van der Waals surface area contributed by atoms with Crippen molar-refractivity contribution in [3.05, 3.63) is 94.5 Å². The van der Waals surface area contributed by atoms with E-state index < -0.39 is 0 Å². The topological polar surface area (TPSA) is 76.0 Å². The van der Waals surface area contributed by atoms with Crippen molar-refractivity contribution in [3.63, 3.8) is 0 Å². The minimum absolute atomic E-state index is 0.284. The van der Waals surface area contributed by atoms with Crippen molar-refractivity contribution in [3.8, 4) is 17.0 Å².